The largest absolute Gasteiger partial charge is 0.509 e. The molecule has 2 aromatic heterocycles. The predicted molar refractivity (Wildman–Crippen MR) is 222 cm³/mol. The smallest absolute Gasteiger partial charge is 0.135 e. The average Bonchev–Trinajstić information content (AvgIpc) is 3.82. The van der Waals surface area contributed by atoms with Crippen LogP contribution in [0.5, 0.6) is 11.5 Å². The molecule has 8 aromatic rings. The van der Waals surface area contributed by atoms with Crippen molar-refractivity contribution in [1.29, 1.82) is 0 Å². The van der Waals surface area contributed by atoms with E-state index in [0.717, 1.165) is 50.1 Å². The van der Waals surface area contributed by atoms with Crippen LogP contribution in [0.2, 0.25) is 0 Å². The van der Waals surface area contributed by atoms with Gasteiger partial charge in [0, 0.05) is 50.0 Å². The van der Waals surface area contributed by atoms with Crippen LogP contribution < -0.4 is 14.5 Å². The molecular weight excluding hydrogens is 856 g/mol. The van der Waals surface area contributed by atoms with Crippen molar-refractivity contribution in [3.05, 3.63) is 188 Å². The van der Waals surface area contributed by atoms with Gasteiger partial charge in [-0.15, -0.1) is 53.6 Å². The molecule has 3 heterocycles. The minimum Gasteiger partial charge on any atom is -0.509 e. The zero-order valence-electron chi connectivity index (χ0n) is 31.1. The van der Waals surface area contributed by atoms with E-state index in [0.29, 0.717) is 11.5 Å². The number of rotatable bonds is 7. The quantitative estimate of drug-likeness (QED) is 0.149. The molecule has 1 aliphatic heterocycles. The molecule has 55 heavy (non-hydrogen) atoms. The summed E-state index contributed by atoms with van der Waals surface area (Å²) in [6.07, 6.45) is 6.05. The fourth-order valence-corrected chi connectivity index (χ4v) is 7.15. The molecule has 0 aliphatic carbocycles. The van der Waals surface area contributed by atoms with Crippen molar-refractivity contribution >= 4 is 33.2 Å². The van der Waals surface area contributed by atoms with Crippen molar-refractivity contribution in [3.63, 3.8) is 0 Å². The Bertz CT molecular complexity index is 2680. The number of para-hydroxylation sites is 1. The number of pyridine rings is 1. The molecule has 0 spiro atoms. The molecule has 6 aromatic carbocycles. The minimum atomic E-state index is -0.0181. The normalized spacial score (nSPS) is 12.7. The third kappa shape index (κ3) is 7.09. The van der Waals surface area contributed by atoms with Crippen molar-refractivity contribution < 1.29 is 25.8 Å². The van der Waals surface area contributed by atoms with Crippen LogP contribution in [-0.4, -0.2) is 9.55 Å². The van der Waals surface area contributed by atoms with Gasteiger partial charge in [-0.1, -0.05) is 117 Å². The van der Waals surface area contributed by atoms with E-state index in [2.05, 4.69) is 189 Å². The van der Waals surface area contributed by atoms with E-state index >= 15 is 0 Å². The van der Waals surface area contributed by atoms with Crippen molar-refractivity contribution in [2.24, 2.45) is 0 Å². The summed E-state index contributed by atoms with van der Waals surface area (Å²) in [6, 6.07) is 55.7. The summed E-state index contributed by atoms with van der Waals surface area (Å²) in [4.78, 5) is 9.09. The van der Waals surface area contributed by atoms with E-state index in [1.165, 1.54) is 22.3 Å². The maximum atomic E-state index is 6.69. The maximum absolute atomic E-state index is 6.69. The van der Waals surface area contributed by atoms with E-state index in [1.54, 1.807) is 0 Å². The molecule has 0 atom stereocenters. The topological polar surface area (TPSA) is 33.5 Å². The maximum Gasteiger partial charge on any atom is 0.135 e. The molecular formula is C49H39N4OPt-3. The number of aryl methyl sites for hydroxylation is 1. The molecule has 0 fully saturated rings. The van der Waals surface area contributed by atoms with Gasteiger partial charge in [-0.3, -0.25) is 0 Å². The molecule has 0 amide bonds. The molecule has 274 valence electrons. The van der Waals surface area contributed by atoms with Gasteiger partial charge in [-0.2, -0.15) is 6.07 Å². The molecule has 0 N–H and O–H groups in total. The van der Waals surface area contributed by atoms with E-state index in [1.807, 2.05) is 30.5 Å². The zero-order valence-corrected chi connectivity index (χ0v) is 33.4. The summed E-state index contributed by atoms with van der Waals surface area (Å²) in [5.41, 5.74) is 10.8. The summed E-state index contributed by atoms with van der Waals surface area (Å²) < 4.78 is 8.88. The third-order valence-corrected chi connectivity index (χ3v) is 10.1. The Kier molecular flexibility index (Phi) is 9.67. The van der Waals surface area contributed by atoms with Gasteiger partial charge >= 0.3 is 0 Å². The van der Waals surface area contributed by atoms with Crippen LogP contribution in [0.15, 0.2) is 158 Å². The Morgan fingerprint density at radius 2 is 1.33 bits per heavy atom. The van der Waals surface area contributed by atoms with Gasteiger partial charge in [0.1, 0.15) is 5.82 Å². The second-order valence-corrected chi connectivity index (χ2v) is 14.8. The van der Waals surface area contributed by atoms with Gasteiger partial charge in [-0.05, 0) is 82.2 Å². The number of benzene rings is 6. The molecule has 0 bridgehead atoms. The monoisotopic (exact) mass is 894 g/mol. The molecule has 0 saturated heterocycles. The van der Waals surface area contributed by atoms with Crippen LogP contribution in [0.3, 0.4) is 0 Å². The summed E-state index contributed by atoms with van der Waals surface area (Å²) in [7, 11) is 0. The van der Waals surface area contributed by atoms with E-state index in [9.17, 15) is 0 Å². The first kappa shape index (κ1) is 36.1. The Labute approximate surface area is 337 Å². The average molecular weight is 895 g/mol. The number of ether oxygens (including phenoxy) is 1. The number of hydrogen-bond acceptors (Lipinski definition) is 4. The standard InChI is InChI=1S/C49H39N4O.Pt/c1-34-19-20-37(35-13-7-5-8-14-35)29-46(34)52-26-25-51(33-52)40-27-38(36-15-9-6-10-16-36)28-42(31-40)54-41-21-22-44-43-17-11-12-18-45(43)53(47(44)32-41)48-30-39(23-24-50-48)49(2,3)4;/h5-30,33H,1-4H3;/q-3;. The number of fused-ring (bicyclic) bond motifs is 3. The van der Waals surface area contributed by atoms with Gasteiger partial charge < -0.3 is 19.1 Å². The summed E-state index contributed by atoms with van der Waals surface area (Å²) in [5, 5.41) is 2.23. The van der Waals surface area contributed by atoms with Gasteiger partial charge in [0.05, 0.1) is 0 Å². The SMILES string of the molecule is Cc1ccc(-c2ccccc2)cc1N1C=CN(c2[c-]c(Oc3[c-]c4c(cc3)c3ccccc3n4-c3cc(C(C)(C)C)ccn3)cc(-c3ccccc3)c2)[CH-]1.[Pt]. The van der Waals surface area contributed by atoms with Crippen LogP contribution in [0.25, 0.3) is 49.9 Å². The summed E-state index contributed by atoms with van der Waals surface area (Å²) >= 11 is 0. The summed E-state index contributed by atoms with van der Waals surface area (Å²) in [6.45, 7) is 10.9. The fraction of sp³-hybridized carbons (Fsp3) is 0.102. The number of anilines is 2. The van der Waals surface area contributed by atoms with E-state index in [-0.39, 0.29) is 26.5 Å². The molecule has 5 nitrogen and oxygen atoms in total. The number of nitrogens with zero attached hydrogens (tertiary/aromatic N) is 4. The molecule has 6 heteroatoms. The van der Waals surface area contributed by atoms with Crippen molar-refractivity contribution in [2.45, 2.75) is 33.1 Å². The Balaban J connectivity index is 0.00000427. The van der Waals surface area contributed by atoms with Crippen molar-refractivity contribution in [1.82, 2.24) is 9.55 Å². The minimum absolute atomic E-state index is 0. The van der Waals surface area contributed by atoms with Gasteiger partial charge in [0.15, 0.2) is 0 Å². The second kappa shape index (κ2) is 14.7. The van der Waals surface area contributed by atoms with Crippen LogP contribution in [-0.2, 0) is 26.5 Å². The zero-order chi connectivity index (χ0) is 36.8. The predicted octanol–water partition coefficient (Wildman–Crippen LogP) is 12.4. The number of aromatic nitrogens is 2. The van der Waals surface area contributed by atoms with Crippen LogP contribution in [0, 0.1) is 25.7 Å². The first-order valence-corrected chi connectivity index (χ1v) is 18.3. The van der Waals surface area contributed by atoms with E-state index < -0.39 is 0 Å². The van der Waals surface area contributed by atoms with Crippen LogP contribution in [0.4, 0.5) is 11.4 Å². The molecule has 9 rings (SSSR count). The van der Waals surface area contributed by atoms with Crippen LogP contribution >= 0.6 is 0 Å². The van der Waals surface area contributed by atoms with Gasteiger partial charge in [0.2, 0.25) is 0 Å². The van der Waals surface area contributed by atoms with Crippen molar-refractivity contribution in [2.75, 3.05) is 9.80 Å². The molecule has 1 aliphatic rings. The van der Waals surface area contributed by atoms with E-state index in [4.69, 9.17) is 9.72 Å². The Morgan fingerprint density at radius 3 is 2.09 bits per heavy atom. The molecule has 0 saturated carbocycles. The fourth-order valence-electron chi connectivity index (χ4n) is 7.15. The van der Waals surface area contributed by atoms with Crippen LogP contribution in [0.1, 0.15) is 31.9 Å². The molecule has 0 radical (unpaired) electrons. The van der Waals surface area contributed by atoms with Gasteiger partial charge in [0.25, 0.3) is 0 Å². The number of hydrogen-bond donors (Lipinski definition) is 0. The first-order valence-electron chi connectivity index (χ1n) is 18.3. The third-order valence-electron chi connectivity index (χ3n) is 10.1. The second-order valence-electron chi connectivity index (χ2n) is 14.8. The summed E-state index contributed by atoms with van der Waals surface area (Å²) in [5.74, 6) is 2.05. The Morgan fingerprint density at radius 1 is 0.618 bits per heavy atom. The Hall–Kier alpha value is -5.90. The molecule has 0 unspecified atom stereocenters. The van der Waals surface area contributed by atoms with Gasteiger partial charge in [-0.25, -0.2) is 4.98 Å². The first-order chi connectivity index (χ1) is 26.3. The van der Waals surface area contributed by atoms with Crippen molar-refractivity contribution in [3.8, 4) is 39.6 Å².